The van der Waals surface area contributed by atoms with Crippen molar-refractivity contribution in [3.63, 3.8) is 0 Å². The molecular weight excluding hydrogens is 293 g/mol. The first-order valence-corrected chi connectivity index (χ1v) is 7.03. The van der Waals surface area contributed by atoms with Gasteiger partial charge in [0, 0.05) is 11.4 Å². The Bertz CT molecular complexity index is 655. The van der Waals surface area contributed by atoms with Gasteiger partial charge in [-0.2, -0.15) is 5.10 Å². The van der Waals surface area contributed by atoms with Crippen molar-refractivity contribution in [1.29, 1.82) is 0 Å². The lowest BCUT2D eigenvalue weighted by atomic mass is 10.0. The second-order valence-electron chi connectivity index (χ2n) is 4.66. The van der Waals surface area contributed by atoms with Crippen LogP contribution in [0, 0.1) is 0 Å². The fourth-order valence-corrected chi connectivity index (χ4v) is 2.85. The minimum Gasteiger partial charge on any atom is -0.386 e. The van der Waals surface area contributed by atoms with Crippen molar-refractivity contribution >= 4 is 34.7 Å². The maximum atomic E-state index is 6.27. The fourth-order valence-electron chi connectivity index (χ4n) is 2.36. The van der Waals surface area contributed by atoms with E-state index in [9.17, 15) is 0 Å². The van der Waals surface area contributed by atoms with Gasteiger partial charge in [-0.15, -0.1) is 0 Å². The Morgan fingerprint density at radius 2 is 1.85 bits per heavy atom. The summed E-state index contributed by atoms with van der Waals surface area (Å²) in [7, 11) is 0. The van der Waals surface area contributed by atoms with Crippen LogP contribution in [-0.4, -0.2) is 5.84 Å². The fraction of sp³-hybridized carbons (Fsp3) is 0.133. The molecule has 1 atom stereocenters. The number of rotatable bonds is 2. The number of halogens is 2. The molecule has 102 valence electrons. The number of hydrogen-bond acceptors (Lipinski definition) is 3. The lowest BCUT2D eigenvalue weighted by molar-refractivity contribution is 0.708. The van der Waals surface area contributed by atoms with E-state index in [0.717, 1.165) is 11.3 Å². The molecule has 0 unspecified atom stereocenters. The molecule has 2 aromatic carbocycles. The molecule has 1 aliphatic rings. The van der Waals surface area contributed by atoms with Crippen LogP contribution in [0.3, 0.4) is 0 Å². The molecule has 0 amide bonds. The van der Waals surface area contributed by atoms with Gasteiger partial charge in [0.15, 0.2) is 0 Å². The van der Waals surface area contributed by atoms with E-state index in [4.69, 9.17) is 28.9 Å². The summed E-state index contributed by atoms with van der Waals surface area (Å²) in [5.41, 5.74) is 7.88. The SMILES string of the molecule is NC1=NN(c2ccc(Cl)cc2Cl)[C@H](c2ccccc2)C1. The number of nitrogens with two attached hydrogens (primary N) is 1. The van der Waals surface area contributed by atoms with E-state index in [1.807, 2.05) is 29.3 Å². The Hall–Kier alpha value is -1.71. The van der Waals surface area contributed by atoms with Crippen LogP contribution in [-0.2, 0) is 0 Å². The van der Waals surface area contributed by atoms with E-state index in [1.165, 1.54) is 0 Å². The lowest BCUT2D eigenvalue weighted by Crippen LogP contribution is -2.18. The first kappa shape index (κ1) is 13.3. The summed E-state index contributed by atoms with van der Waals surface area (Å²) in [6, 6.07) is 15.6. The first-order valence-electron chi connectivity index (χ1n) is 6.27. The zero-order chi connectivity index (χ0) is 14.1. The molecule has 2 aromatic rings. The van der Waals surface area contributed by atoms with Crippen molar-refractivity contribution in [3.05, 3.63) is 64.1 Å². The molecule has 0 aliphatic carbocycles. The average Bonchev–Trinajstić information content (AvgIpc) is 2.81. The monoisotopic (exact) mass is 305 g/mol. The van der Waals surface area contributed by atoms with Crippen molar-refractivity contribution in [2.75, 3.05) is 5.01 Å². The van der Waals surface area contributed by atoms with E-state index in [0.29, 0.717) is 22.3 Å². The molecule has 0 saturated carbocycles. The average molecular weight is 306 g/mol. The third kappa shape index (κ3) is 2.47. The summed E-state index contributed by atoms with van der Waals surface area (Å²) < 4.78 is 0. The Kier molecular flexibility index (Phi) is 3.55. The predicted molar refractivity (Wildman–Crippen MR) is 84.4 cm³/mol. The highest BCUT2D eigenvalue weighted by Crippen LogP contribution is 2.38. The van der Waals surface area contributed by atoms with Gasteiger partial charge in [-0.25, -0.2) is 0 Å². The van der Waals surface area contributed by atoms with Crippen LogP contribution < -0.4 is 10.7 Å². The lowest BCUT2D eigenvalue weighted by Gasteiger charge is -2.24. The summed E-state index contributed by atoms with van der Waals surface area (Å²) in [6.07, 6.45) is 0.684. The van der Waals surface area contributed by atoms with Crippen molar-refractivity contribution < 1.29 is 0 Å². The third-order valence-electron chi connectivity index (χ3n) is 3.27. The van der Waals surface area contributed by atoms with Crippen molar-refractivity contribution in [1.82, 2.24) is 0 Å². The van der Waals surface area contributed by atoms with Crippen molar-refractivity contribution in [3.8, 4) is 0 Å². The van der Waals surface area contributed by atoms with Gasteiger partial charge in [-0.05, 0) is 23.8 Å². The minimum absolute atomic E-state index is 0.0647. The van der Waals surface area contributed by atoms with Gasteiger partial charge in [-0.3, -0.25) is 5.01 Å². The maximum Gasteiger partial charge on any atom is 0.122 e. The van der Waals surface area contributed by atoms with Crippen molar-refractivity contribution in [2.24, 2.45) is 10.8 Å². The molecule has 0 spiro atoms. The van der Waals surface area contributed by atoms with Gasteiger partial charge in [0.25, 0.3) is 0 Å². The molecule has 5 heteroatoms. The largest absolute Gasteiger partial charge is 0.386 e. The molecule has 1 heterocycles. The summed E-state index contributed by atoms with van der Waals surface area (Å²) in [4.78, 5) is 0. The molecule has 0 saturated heterocycles. The Labute approximate surface area is 127 Å². The standard InChI is InChI=1S/C15H13Cl2N3/c16-11-6-7-13(12(17)8-11)20-14(9-15(18)19-20)10-4-2-1-3-5-10/h1-8,14H,9H2,(H2,18,19)/t14-/m0/s1. The number of anilines is 1. The molecule has 0 radical (unpaired) electrons. The highest BCUT2D eigenvalue weighted by Gasteiger charge is 2.29. The van der Waals surface area contributed by atoms with Crippen LogP contribution in [0.4, 0.5) is 5.69 Å². The van der Waals surface area contributed by atoms with Gasteiger partial charge in [0.05, 0.1) is 16.8 Å². The second-order valence-corrected chi connectivity index (χ2v) is 5.51. The van der Waals surface area contributed by atoms with E-state index in [2.05, 4.69) is 17.2 Å². The van der Waals surface area contributed by atoms with Crippen LogP contribution >= 0.6 is 23.2 Å². The molecule has 0 aromatic heterocycles. The number of hydrazone groups is 1. The van der Waals surface area contributed by atoms with Gasteiger partial charge in [0.2, 0.25) is 0 Å². The molecule has 1 aliphatic heterocycles. The molecular formula is C15H13Cl2N3. The van der Waals surface area contributed by atoms with Crippen LogP contribution in [0.25, 0.3) is 0 Å². The summed E-state index contributed by atoms with van der Waals surface area (Å²) in [6.45, 7) is 0. The van der Waals surface area contributed by atoms with E-state index in [1.54, 1.807) is 12.1 Å². The highest BCUT2D eigenvalue weighted by atomic mass is 35.5. The van der Waals surface area contributed by atoms with Crippen LogP contribution in [0.5, 0.6) is 0 Å². The maximum absolute atomic E-state index is 6.27. The topological polar surface area (TPSA) is 41.6 Å². The highest BCUT2D eigenvalue weighted by molar-refractivity contribution is 6.36. The molecule has 20 heavy (non-hydrogen) atoms. The van der Waals surface area contributed by atoms with E-state index in [-0.39, 0.29) is 6.04 Å². The number of benzene rings is 2. The summed E-state index contributed by atoms with van der Waals surface area (Å²) in [5.74, 6) is 0.602. The zero-order valence-corrected chi connectivity index (χ0v) is 12.1. The van der Waals surface area contributed by atoms with Crippen LogP contribution in [0.15, 0.2) is 53.6 Å². The molecule has 0 bridgehead atoms. The number of hydrogen-bond donors (Lipinski definition) is 1. The predicted octanol–water partition coefficient (Wildman–Crippen LogP) is 4.22. The molecule has 3 nitrogen and oxygen atoms in total. The van der Waals surface area contributed by atoms with Gasteiger partial charge < -0.3 is 5.73 Å². The Morgan fingerprint density at radius 3 is 2.55 bits per heavy atom. The van der Waals surface area contributed by atoms with Gasteiger partial charge in [-0.1, -0.05) is 53.5 Å². The minimum atomic E-state index is 0.0647. The first-order chi connectivity index (χ1) is 9.65. The van der Waals surface area contributed by atoms with E-state index >= 15 is 0 Å². The summed E-state index contributed by atoms with van der Waals surface area (Å²) >= 11 is 12.2. The smallest absolute Gasteiger partial charge is 0.122 e. The summed E-state index contributed by atoms with van der Waals surface area (Å²) in [5, 5.41) is 7.44. The van der Waals surface area contributed by atoms with Crippen LogP contribution in [0.1, 0.15) is 18.0 Å². The van der Waals surface area contributed by atoms with Crippen molar-refractivity contribution in [2.45, 2.75) is 12.5 Å². The molecule has 2 N–H and O–H groups in total. The van der Waals surface area contributed by atoms with Gasteiger partial charge >= 0.3 is 0 Å². The normalized spacial score (nSPS) is 18.2. The van der Waals surface area contributed by atoms with Gasteiger partial charge in [0.1, 0.15) is 5.84 Å². The Morgan fingerprint density at radius 1 is 1.10 bits per heavy atom. The quantitative estimate of drug-likeness (QED) is 0.902. The molecule has 0 fully saturated rings. The molecule has 3 rings (SSSR count). The Balaban J connectivity index is 2.01. The number of amidine groups is 1. The van der Waals surface area contributed by atoms with Crippen LogP contribution in [0.2, 0.25) is 10.0 Å². The van der Waals surface area contributed by atoms with E-state index < -0.39 is 0 Å². The zero-order valence-electron chi connectivity index (χ0n) is 10.6. The number of nitrogens with zero attached hydrogens (tertiary/aromatic N) is 2. The third-order valence-corrected chi connectivity index (χ3v) is 3.81. The second kappa shape index (κ2) is 5.35.